The van der Waals surface area contributed by atoms with Crippen LogP contribution in [0.3, 0.4) is 0 Å². The Morgan fingerprint density at radius 2 is 1.90 bits per heavy atom. The zero-order valence-electron chi connectivity index (χ0n) is 12.1. The third kappa shape index (κ3) is 2.51. The van der Waals surface area contributed by atoms with Crippen LogP contribution >= 0.6 is 0 Å². The Bertz CT molecular complexity index is 467. The number of aromatic nitrogens is 2. The predicted octanol–water partition coefficient (Wildman–Crippen LogP) is 3.10. The third-order valence-corrected chi connectivity index (χ3v) is 4.79. The van der Waals surface area contributed by atoms with Crippen molar-refractivity contribution in [2.45, 2.75) is 69.3 Å². The first kappa shape index (κ1) is 13.7. The maximum Gasteiger partial charge on any atom is 0.229 e. The summed E-state index contributed by atoms with van der Waals surface area (Å²) >= 11 is 0. The molecular weight excluding hydrogens is 256 g/mol. The van der Waals surface area contributed by atoms with Gasteiger partial charge in [-0.25, -0.2) is 0 Å². The van der Waals surface area contributed by atoms with Crippen LogP contribution in [0.15, 0.2) is 4.52 Å². The smallest absolute Gasteiger partial charge is 0.229 e. The van der Waals surface area contributed by atoms with E-state index in [0.717, 1.165) is 38.5 Å². The number of Topliss-reactive ketones (excluding diaryl/α,β-unsaturated/α-hetero) is 1. The lowest BCUT2D eigenvalue weighted by Gasteiger charge is -2.32. The van der Waals surface area contributed by atoms with Gasteiger partial charge in [0, 0.05) is 25.9 Å². The lowest BCUT2D eigenvalue weighted by molar-refractivity contribution is -0.120. The number of carbonyl (C=O) groups is 1. The van der Waals surface area contributed by atoms with E-state index in [9.17, 15) is 4.79 Å². The third-order valence-electron chi connectivity index (χ3n) is 4.79. The van der Waals surface area contributed by atoms with Crippen LogP contribution in [0.2, 0.25) is 0 Å². The highest BCUT2D eigenvalue weighted by molar-refractivity contribution is 5.79. The normalized spacial score (nSPS) is 23.9. The molecule has 2 aliphatic rings. The van der Waals surface area contributed by atoms with Gasteiger partial charge in [0.15, 0.2) is 0 Å². The van der Waals surface area contributed by atoms with E-state index < -0.39 is 0 Å². The number of hydrogen-bond acceptors (Lipinski definition) is 5. The zero-order chi connectivity index (χ0) is 14.0. The van der Waals surface area contributed by atoms with Crippen LogP contribution in [0.1, 0.15) is 75.4 Å². The van der Waals surface area contributed by atoms with Crippen molar-refractivity contribution in [3.05, 3.63) is 11.7 Å². The summed E-state index contributed by atoms with van der Waals surface area (Å²) in [7, 11) is 1.74. The minimum absolute atomic E-state index is 0.242. The summed E-state index contributed by atoms with van der Waals surface area (Å²) in [5.74, 6) is 1.98. The molecule has 0 saturated heterocycles. The summed E-state index contributed by atoms with van der Waals surface area (Å²) in [6, 6.07) is 0. The predicted molar refractivity (Wildman–Crippen MR) is 72.3 cm³/mol. The van der Waals surface area contributed by atoms with Crippen LogP contribution < -0.4 is 0 Å². The number of methoxy groups -OCH3 is 1. The summed E-state index contributed by atoms with van der Waals surface area (Å²) in [6.45, 7) is 0. The molecule has 110 valence electrons. The molecule has 0 N–H and O–H groups in total. The molecule has 5 nitrogen and oxygen atoms in total. The molecule has 2 fully saturated rings. The minimum atomic E-state index is -0.357. The summed E-state index contributed by atoms with van der Waals surface area (Å²) in [4.78, 5) is 15.9. The van der Waals surface area contributed by atoms with Crippen molar-refractivity contribution in [2.24, 2.45) is 0 Å². The molecule has 0 spiro atoms. The molecule has 5 heteroatoms. The summed E-state index contributed by atoms with van der Waals surface area (Å²) in [5, 5.41) is 4.18. The number of hydrogen-bond donors (Lipinski definition) is 0. The maximum atomic E-state index is 11.3. The van der Waals surface area contributed by atoms with Gasteiger partial charge in [-0.05, 0) is 25.7 Å². The number of carbonyl (C=O) groups excluding carboxylic acids is 1. The van der Waals surface area contributed by atoms with Crippen molar-refractivity contribution in [3.8, 4) is 0 Å². The van der Waals surface area contributed by atoms with Crippen LogP contribution in [0.5, 0.6) is 0 Å². The van der Waals surface area contributed by atoms with Crippen molar-refractivity contribution in [3.63, 3.8) is 0 Å². The fraction of sp³-hybridized carbons (Fsp3) is 0.800. The first-order chi connectivity index (χ1) is 9.73. The second-order valence-corrected chi connectivity index (χ2v) is 6.03. The van der Waals surface area contributed by atoms with E-state index in [-0.39, 0.29) is 11.5 Å². The van der Waals surface area contributed by atoms with Crippen LogP contribution in [0, 0.1) is 0 Å². The van der Waals surface area contributed by atoms with Crippen molar-refractivity contribution in [2.75, 3.05) is 7.11 Å². The van der Waals surface area contributed by atoms with E-state index >= 15 is 0 Å². The average molecular weight is 278 g/mol. The number of ether oxygens (including phenoxy) is 1. The van der Waals surface area contributed by atoms with Gasteiger partial charge in [-0.15, -0.1) is 0 Å². The van der Waals surface area contributed by atoms with Crippen molar-refractivity contribution >= 4 is 5.78 Å². The van der Waals surface area contributed by atoms with Crippen molar-refractivity contribution in [1.82, 2.24) is 10.1 Å². The van der Waals surface area contributed by atoms with Gasteiger partial charge in [0.1, 0.15) is 11.4 Å². The van der Waals surface area contributed by atoms with E-state index in [2.05, 4.69) is 10.1 Å². The molecule has 3 rings (SSSR count). The standard InChI is InChI=1S/C15H22N2O3/c1-19-15(9-3-2-4-10-15)14-16-13(20-17-14)11-5-7-12(18)8-6-11/h11H,2-10H2,1H3. The van der Waals surface area contributed by atoms with Crippen LogP contribution in [0.25, 0.3) is 0 Å². The second-order valence-electron chi connectivity index (χ2n) is 6.03. The molecule has 0 atom stereocenters. The van der Waals surface area contributed by atoms with Crippen LogP contribution in [-0.4, -0.2) is 23.0 Å². The molecule has 20 heavy (non-hydrogen) atoms. The van der Waals surface area contributed by atoms with Crippen molar-refractivity contribution < 1.29 is 14.1 Å². The van der Waals surface area contributed by atoms with Gasteiger partial charge in [0.2, 0.25) is 11.7 Å². The van der Waals surface area contributed by atoms with E-state index in [4.69, 9.17) is 9.26 Å². The first-order valence-electron chi connectivity index (χ1n) is 7.64. The Morgan fingerprint density at radius 3 is 2.55 bits per heavy atom. The Morgan fingerprint density at radius 1 is 1.20 bits per heavy atom. The van der Waals surface area contributed by atoms with E-state index in [1.165, 1.54) is 6.42 Å². The van der Waals surface area contributed by atoms with Gasteiger partial charge in [-0.3, -0.25) is 4.79 Å². The van der Waals surface area contributed by atoms with Gasteiger partial charge in [0.05, 0.1) is 0 Å². The molecule has 2 saturated carbocycles. The molecule has 0 aromatic carbocycles. The van der Waals surface area contributed by atoms with Gasteiger partial charge < -0.3 is 9.26 Å². The molecule has 1 aromatic heterocycles. The Hall–Kier alpha value is -1.23. The van der Waals surface area contributed by atoms with E-state index in [0.29, 0.717) is 30.3 Å². The zero-order valence-corrected chi connectivity index (χ0v) is 12.1. The molecule has 0 amide bonds. The van der Waals surface area contributed by atoms with Crippen molar-refractivity contribution in [1.29, 1.82) is 0 Å². The second kappa shape index (κ2) is 5.64. The summed E-state index contributed by atoms with van der Waals surface area (Å²) in [5.41, 5.74) is -0.357. The molecule has 0 radical (unpaired) electrons. The van der Waals surface area contributed by atoms with Gasteiger partial charge in [-0.2, -0.15) is 4.98 Å². The average Bonchev–Trinajstić information content (AvgIpc) is 2.99. The van der Waals surface area contributed by atoms with Crippen LogP contribution in [-0.2, 0) is 15.1 Å². The quantitative estimate of drug-likeness (QED) is 0.850. The monoisotopic (exact) mass is 278 g/mol. The summed E-state index contributed by atoms with van der Waals surface area (Å²) < 4.78 is 11.2. The highest BCUT2D eigenvalue weighted by atomic mass is 16.5. The molecule has 0 unspecified atom stereocenters. The van der Waals surface area contributed by atoms with Gasteiger partial charge in [0.25, 0.3) is 0 Å². The topological polar surface area (TPSA) is 65.2 Å². The van der Waals surface area contributed by atoms with E-state index in [1.54, 1.807) is 7.11 Å². The van der Waals surface area contributed by atoms with Gasteiger partial charge >= 0.3 is 0 Å². The highest BCUT2D eigenvalue weighted by Crippen LogP contribution is 2.39. The first-order valence-corrected chi connectivity index (χ1v) is 7.64. The lowest BCUT2D eigenvalue weighted by Crippen LogP contribution is -2.32. The molecule has 0 bridgehead atoms. The number of nitrogens with zero attached hydrogens (tertiary/aromatic N) is 2. The van der Waals surface area contributed by atoms with E-state index in [1.807, 2.05) is 0 Å². The highest BCUT2D eigenvalue weighted by Gasteiger charge is 2.39. The Balaban J connectivity index is 1.77. The molecule has 0 aliphatic heterocycles. The van der Waals surface area contributed by atoms with Crippen LogP contribution in [0.4, 0.5) is 0 Å². The molecule has 1 aromatic rings. The Kier molecular flexibility index (Phi) is 3.87. The number of ketones is 1. The lowest BCUT2D eigenvalue weighted by atomic mass is 9.84. The SMILES string of the molecule is COC1(c2noc(C3CCC(=O)CC3)n2)CCCCC1. The molecule has 1 heterocycles. The number of rotatable bonds is 3. The van der Waals surface area contributed by atoms with Gasteiger partial charge in [-0.1, -0.05) is 24.4 Å². The fourth-order valence-electron chi connectivity index (χ4n) is 3.41. The molecule has 2 aliphatic carbocycles. The largest absolute Gasteiger partial charge is 0.370 e. The fourth-order valence-corrected chi connectivity index (χ4v) is 3.41. The Labute approximate surface area is 119 Å². The maximum absolute atomic E-state index is 11.3. The minimum Gasteiger partial charge on any atom is -0.370 e. The molecular formula is C15H22N2O3. The summed E-state index contributed by atoms with van der Waals surface area (Å²) in [6.07, 6.45) is 8.42.